The van der Waals surface area contributed by atoms with Gasteiger partial charge in [0, 0.05) is 24.0 Å². The smallest absolute Gasteiger partial charge is 0.318 e. The molecular formula is C31H39FN6O3. The number of fused-ring (bicyclic) bond motifs is 2. The average molecular weight is 563 g/mol. The lowest BCUT2D eigenvalue weighted by atomic mass is 9.92. The molecule has 3 N–H and O–H groups in total. The van der Waals surface area contributed by atoms with Crippen LogP contribution in [-0.4, -0.2) is 70.8 Å². The van der Waals surface area contributed by atoms with Crippen LogP contribution in [0.25, 0.3) is 10.8 Å². The lowest BCUT2D eigenvalue weighted by Crippen LogP contribution is -2.46. The first-order valence-electron chi connectivity index (χ1n) is 14.8. The van der Waals surface area contributed by atoms with Crippen molar-refractivity contribution in [1.29, 1.82) is 0 Å². The first-order valence-corrected chi connectivity index (χ1v) is 14.8. The molecule has 1 aromatic heterocycles. The minimum Gasteiger partial charge on any atom is -0.508 e. The van der Waals surface area contributed by atoms with E-state index in [4.69, 9.17) is 14.7 Å². The molecule has 2 saturated heterocycles. The van der Waals surface area contributed by atoms with Gasteiger partial charge < -0.3 is 25.4 Å². The number of amides is 1. The number of carbonyl (C=O) groups excluding carboxylic acids is 1. The van der Waals surface area contributed by atoms with Gasteiger partial charge in [-0.2, -0.15) is 9.97 Å². The van der Waals surface area contributed by atoms with E-state index in [2.05, 4.69) is 29.5 Å². The molecule has 0 bridgehead atoms. The Morgan fingerprint density at radius 2 is 2.12 bits per heavy atom. The maximum atomic E-state index is 14.9. The Morgan fingerprint density at radius 3 is 2.83 bits per heavy atom. The first-order chi connectivity index (χ1) is 19.8. The van der Waals surface area contributed by atoms with Crippen molar-refractivity contribution < 1.29 is 19.0 Å². The molecule has 0 saturated carbocycles. The van der Waals surface area contributed by atoms with E-state index in [0.717, 1.165) is 51.7 Å². The summed E-state index contributed by atoms with van der Waals surface area (Å²) in [6, 6.07) is 6.56. The number of likely N-dealkylation sites (N-methyl/N-ethyl adjacent to an activating group) is 1. The molecule has 2 atom stereocenters. The quantitative estimate of drug-likeness (QED) is 0.348. The summed E-state index contributed by atoms with van der Waals surface area (Å²) in [6.07, 6.45) is 5.64. The number of hydrogen-bond acceptors (Lipinski definition) is 8. The van der Waals surface area contributed by atoms with Crippen molar-refractivity contribution in [1.82, 2.24) is 20.2 Å². The molecule has 2 aromatic carbocycles. The van der Waals surface area contributed by atoms with Gasteiger partial charge in [0.25, 0.3) is 5.91 Å². The number of rotatable bonds is 9. The number of nitrogens with one attached hydrogen (secondary N) is 2. The van der Waals surface area contributed by atoms with Gasteiger partial charge in [0.1, 0.15) is 29.6 Å². The van der Waals surface area contributed by atoms with Gasteiger partial charge in [-0.05, 0) is 75.3 Å². The molecule has 3 aliphatic heterocycles. The number of phenolic OH excluding ortho intramolecular Hbond substituents is 1. The second kappa shape index (κ2) is 11.1. The van der Waals surface area contributed by atoms with Crippen molar-refractivity contribution in [3.8, 4) is 11.8 Å². The fraction of sp³-hybridized carbons (Fsp3) is 0.516. The molecule has 0 spiro atoms. The van der Waals surface area contributed by atoms with E-state index in [1.165, 1.54) is 12.1 Å². The zero-order valence-corrected chi connectivity index (χ0v) is 24.1. The van der Waals surface area contributed by atoms with Gasteiger partial charge in [0.2, 0.25) is 0 Å². The molecule has 41 heavy (non-hydrogen) atoms. The van der Waals surface area contributed by atoms with Crippen molar-refractivity contribution in [3.63, 3.8) is 0 Å². The molecule has 9 nitrogen and oxygen atoms in total. The summed E-state index contributed by atoms with van der Waals surface area (Å²) in [6.45, 7) is 7.43. The van der Waals surface area contributed by atoms with Crippen molar-refractivity contribution in [2.75, 3.05) is 43.5 Å². The molecular weight excluding hydrogens is 523 g/mol. The van der Waals surface area contributed by atoms with Gasteiger partial charge in [-0.15, -0.1) is 0 Å². The van der Waals surface area contributed by atoms with Crippen LogP contribution in [-0.2, 0) is 13.0 Å². The first kappa shape index (κ1) is 27.7. The maximum absolute atomic E-state index is 14.9. The van der Waals surface area contributed by atoms with Crippen molar-refractivity contribution in [2.45, 2.75) is 70.5 Å². The number of phenols is 1. The van der Waals surface area contributed by atoms with E-state index in [1.54, 1.807) is 17.0 Å². The Bertz CT molecular complexity index is 1480. The van der Waals surface area contributed by atoms with E-state index in [9.17, 15) is 14.3 Å². The number of likely N-dealkylation sites (tertiary alicyclic amines) is 1. The summed E-state index contributed by atoms with van der Waals surface area (Å²) in [5.74, 6) is -0.143. The summed E-state index contributed by atoms with van der Waals surface area (Å²) in [5, 5.41) is 18.7. The van der Waals surface area contributed by atoms with Crippen LogP contribution in [0.15, 0.2) is 24.3 Å². The van der Waals surface area contributed by atoms with E-state index in [1.807, 2.05) is 6.92 Å². The highest BCUT2D eigenvalue weighted by molar-refractivity contribution is 6.16. The van der Waals surface area contributed by atoms with Crippen LogP contribution in [0.4, 0.5) is 15.9 Å². The number of hydrogen-bond donors (Lipinski definition) is 3. The molecule has 3 aliphatic rings. The summed E-state index contributed by atoms with van der Waals surface area (Å²) < 4.78 is 21.2. The molecule has 1 amide bonds. The van der Waals surface area contributed by atoms with Crippen molar-refractivity contribution in [3.05, 3.63) is 46.9 Å². The fourth-order valence-corrected chi connectivity index (χ4v) is 6.86. The molecule has 0 aliphatic carbocycles. The Hall–Kier alpha value is -3.50. The Morgan fingerprint density at radius 1 is 1.27 bits per heavy atom. The highest BCUT2D eigenvalue weighted by Gasteiger charge is 2.40. The number of aromatic hydroxyl groups is 1. The number of aryl methyl sites for hydroxylation is 1. The van der Waals surface area contributed by atoms with E-state index >= 15 is 0 Å². The average Bonchev–Trinajstić information content (AvgIpc) is 3.67. The highest BCUT2D eigenvalue weighted by Crippen LogP contribution is 2.41. The van der Waals surface area contributed by atoms with Gasteiger partial charge >= 0.3 is 6.01 Å². The van der Waals surface area contributed by atoms with Crippen molar-refractivity contribution >= 4 is 28.2 Å². The molecule has 10 heteroatoms. The third-order valence-electron chi connectivity index (χ3n) is 9.04. The third-order valence-corrected chi connectivity index (χ3v) is 9.04. The largest absolute Gasteiger partial charge is 0.508 e. The van der Waals surface area contributed by atoms with Crippen molar-refractivity contribution in [2.24, 2.45) is 0 Å². The predicted octanol–water partition coefficient (Wildman–Crippen LogP) is 4.61. The van der Waals surface area contributed by atoms with Gasteiger partial charge in [0.05, 0.1) is 23.5 Å². The van der Waals surface area contributed by atoms with Crippen LogP contribution in [0.2, 0.25) is 0 Å². The molecule has 2 unspecified atom stereocenters. The van der Waals surface area contributed by atoms with Gasteiger partial charge in [-0.1, -0.05) is 26.3 Å². The number of nitrogens with zero attached hydrogens (tertiary/aromatic N) is 4. The molecule has 0 radical (unpaired) electrons. The summed E-state index contributed by atoms with van der Waals surface area (Å²) >= 11 is 0. The summed E-state index contributed by atoms with van der Waals surface area (Å²) in [4.78, 5) is 27.5. The molecule has 3 aromatic rings. The Kier molecular flexibility index (Phi) is 7.46. The van der Waals surface area contributed by atoms with E-state index in [-0.39, 0.29) is 41.6 Å². The Labute approximate surface area is 240 Å². The fourth-order valence-electron chi connectivity index (χ4n) is 6.86. The lowest BCUT2D eigenvalue weighted by molar-refractivity contribution is 0.0825. The molecule has 218 valence electrons. The van der Waals surface area contributed by atoms with Crippen LogP contribution in [0.3, 0.4) is 0 Å². The third kappa shape index (κ3) is 4.97. The predicted molar refractivity (Wildman–Crippen MR) is 157 cm³/mol. The summed E-state index contributed by atoms with van der Waals surface area (Å²) in [7, 11) is 2.15. The standard InChI is InChI=1S/C31H39FN6O3/c1-4-10-31(11-6-13-37(31)3)18-41-30-35-24-17-38(29(40)27(24)28(36-30)34-20-9-12-33-16-20)25-15-21(39)14-19-7-8-23(32)22(5-2)26(19)25/h7-8,14-15,20,33,39H,4-6,9-13,16-18H2,1-3H3,(H,34,35,36). The summed E-state index contributed by atoms with van der Waals surface area (Å²) in [5.41, 5.74) is 1.88. The number of ether oxygens (including phenoxy) is 1. The SMILES string of the molecule is CCCC1(COc2nc3c(c(NC4CCNC4)n2)C(=O)N(c2cc(O)cc4ccc(F)c(CC)c24)C3)CCCN1C. The van der Waals surface area contributed by atoms with E-state index < -0.39 is 0 Å². The molecule has 4 heterocycles. The monoisotopic (exact) mass is 562 g/mol. The van der Waals surface area contributed by atoms with Crippen LogP contribution in [0.1, 0.15) is 67.6 Å². The minimum absolute atomic E-state index is 0.0114. The number of anilines is 2. The second-order valence-corrected chi connectivity index (χ2v) is 11.6. The van der Waals surface area contributed by atoms with Crippen LogP contribution in [0, 0.1) is 5.82 Å². The van der Waals surface area contributed by atoms with E-state index in [0.29, 0.717) is 52.1 Å². The normalized spacial score (nSPS) is 22.6. The Balaban J connectivity index is 1.39. The molecule has 6 rings (SSSR count). The highest BCUT2D eigenvalue weighted by atomic mass is 19.1. The zero-order valence-electron chi connectivity index (χ0n) is 24.1. The van der Waals surface area contributed by atoms with Gasteiger partial charge in [-0.3, -0.25) is 9.69 Å². The number of benzene rings is 2. The van der Waals surface area contributed by atoms with Crippen LogP contribution in [0.5, 0.6) is 11.8 Å². The maximum Gasteiger partial charge on any atom is 0.318 e. The second-order valence-electron chi connectivity index (χ2n) is 11.6. The van der Waals surface area contributed by atoms with Crippen LogP contribution >= 0.6 is 0 Å². The van der Waals surface area contributed by atoms with Gasteiger partial charge in [0.15, 0.2) is 0 Å². The zero-order chi connectivity index (χ0) is 28.7. The number of aromatic nitrogens is 2. The van der Waals surface area contributed by atoms with Crippen LogP contribution < -0.4 is 20.3 Å². The number of carbonyl (C=O) groups is 1. The van der Waals surface area contributed by atoms with Gasteiger partial charge in [-0.25, -0.2) is 4.39 Å². The molecule has 2 fully saturated rings. The lowest BCUT2D eigenvalue weighted by Gasteiger charge is -2.35. The minimum atomic E-state index is -0.333. The topological polar surface area (TPSA) is 103 Å². The number of halogens is 1.